The molecular weight excluding hydrogens is 210 g/mol. The third-order valence-electron chi connectivity index (χ3n) is 4.75. The molecule has 0 aromatic carbocycles. The molecule has 2 aliphatic carbocycles. The summed E-state index contributed by atoms with van der Waals surface area (Å²) in [4.78, 5) is 0. The first kappa shape index (κ1) is 12.9. The van der Waals surface area contributed by atoms with Crippen molar-refractivity contribution in [3.63, 3.8) is 0 Å². The molecular formula is C15H25NO. The largest absolute Gasteiger partial charge is 0.393 e. The Balaban J connectivity index is 1.82. The summed E-state index contributed by atoms with van der Waals surface area (Å²) >= 11 is 0. The van der Waals surface area contributed by atoms with E-state index in [0.717, 1.165) is 31.6 Å². The Morgan fingerprint density at radius 2 is 1.76 bits per heavy atom. The van der Waals surface area contributed by atoms with Crippen LogP contribution in [0.25, 0.3) is 0 Å². The number of rotatable bonds is 4. The van der Waals surface area contributed by atoms with Crippen molar-refractivity contribution < 1.29 is 5.11 Å². The van der Waals surface area contributed by atoms with Crippen molar-refractivity contribution >= 4 is 0 Å². The van der Waals surface area contributed by atoms with Crippen molar-refractivity contribution in [2.75, 3.05) is 0 Å². The fraction of sp³-hybridized carbons (Fsp3) is 0.933. The van der Waals surface area contributed by atoms with Crippen molar-refractivity contribution in [2.24, 2.45) is 11.3 Å². The summed E-state index contributed by atoms with van der Waals surface area (Å²) in [7, 11) is 0. The van der Waals surface area contributed by atoms with Gasteiger partial charge in [-0.2, -0.15) is 5.26 Å². The van der Waals surface area contributed by atoms with Gasteiger partial charge in [0.2, 0.25) is 0 Å². The highest BCUT2D eigenvalue weighted by molar-refractivity contribution is 5.01. The Labute approximate surface area is 105 Å². The molecule has 0 spiro atoms. The van der Waals surface area contributed by atoms with Crippen LogP contribution in [0.3, 0.4) is 0 Å². The first-order valence-electron chi connectivity index (χ1n) is 7.33. The van der Waals surface area contributed by atoms with Gasteiger partial charge in [0.25, 0.3) is 0 Å². The standard InChI is InChI=1S/C15H25NO/c16-12-15(8-4-1-5-9-15)11-14(17)10-13-6-2-3-7-13/h13-14,17H,1-11H2. The van der Waals surface area contributed by atoms with Gasteiger partial charge in [-0.25, -0.2) is 0 Å². The van der Waals surface area contributed by atoms with Gasteiger partial charge in [0.1, 0.15) is 0 Å². The molecule has 2 aliphatic rings. The Morgan fingerprint density at radius 3 is 2.35 bits per heavy atom. The summed E-state index contributed by atoms with van der Waals surface area (Å²) in [5.41, 5.74) is -0.198. The molecule has 17 heavy (non-hydrogen) atoms. The smallest absolute Gasteiger partial charge is 0.0690 e. The van der Waals surface area contributed by atoms with E-state index in [9.17, 15) is 10.4 Å². The van der Waals surface area contributed by atoms with Crippen molar-refractivity contribution in [2.45, 2.75) is 76.7 Å². The topological polar surface area (TPSA) is 44.0 Å². The predicted octanol–water partition coefficient (Wildman–Crippen LogP) is 3.79. The van der Waals surface area contributed by atoms with E-state index in [2.05, 4.69) is 6.07 Å². The van der Waals surface area contributed by atoms with Crippen molar-refractivity contribution in [3.05, 3.63) is 0 Å². The Bertz CT molecular complexity index is 269. The Hall–Kier alpha value is -0.550. The molecule has 1 N–H and O–H groups in total. The normalized spacial score (nSPS) is 26.6. The first-order chi connectivity index (χ1) is 8.24. The van der Waals surface area contributed by atoms with E-state index >= 15 is 0 Å². The lowest BCUT2D eigenvalue weighted by atomic mass is 9.71. The Kier molecular flexibility index (Phi) is 4.45. The average Bonchev–Trinajstić information content (AvgIpc) is 2.83. The van der Waals surface area contributed by atoms with E-state index in [-0.39, 0.29) is 11.5 Å². The van der Waals surface area contributed by atoms with E-state index in [0.29, 0.717) is 0 Å². The molecule has 0 radical (unpaired) electrons. The second-order valence-corrected chi connectivity index (χ2v) is 6.20. The minimum Gasteiger partial charge on any atom is -0.393 e. The average molecular weight is 235 g/mol. The first-order valence-corrected chi connectivity index (χ1v) is 7.33. The van der Waals surface area contributed by atoms with E-state index in [1.165, 1.54) is 44.9 Å². The maximum absolute atomic E-state index is 10.2. The third kappa shape index (κ3) is 3.45. The van der Waals surface area contributed by atoms with Crippen molar-refractivity contribution in [3.8, 4) is 6.07 Å². The van der Waals surface area contributed by atoms with Gasteiger partial charge in [0.15, 0.2) is 0 Å². The SMILES string of the molecule is N#CC1(CC(O)CC2CCCC2)CCCCC1. The highest BCUT2D eigenvalue weighted by Crippen LogP contribution is 2.41. The molecule has 2 heteroatoms. The minimum absolute atomic E-state index is 0.198. The molecule has 2 saturated carbocycles. The van der Waals surface area contributed by atoms with Gasteiger partial charge in [0, 0.05) is 0 Å². The van der Waals surface area contributed by atoms with Gasteiger partial charge >= 0.3 is 0 Å². The lowest BCUT2D eigenvalue weighted by molar-refractivity contribution is 0.0815. The number of hydrogen-bond acceptors (Lipinski definition) is 2. The van der Waals surface area contributed by atoms with Gasteiger partial charge in [-0.05, 0) is 31.6 Å². The van der Waals surface area contributed by atoms with Crippen LogP contribution in [0.5, 0.6) is 0 Å². The summed E-state index contributed by atoms with van der Waals surface area (Å²) in [5, 5.41) is 19.6. The zero-order valence-corrected chi connectivity index (χ0v) is 10.8. The second kappa shape index (κ2) is 5.87. The van der Waals surface area contributed by atoms with Gasteiger partial charge in [-0.15, -0.1) is 0 Å². The number of aliphatic hydroxyl groups is 1. The molecule has 0 amide bonds. The van der Waals surface area contributed by atoms with Crippen LogP contribution in [-0.2, 0) is 0 Å². The van der Waals surface area contributed by atoms with Crippen LogP contribution in [-0.4, -0.2) is 11.2 Å². The second-order valence-electron chi connectivity index (χ2n) is 6.20. The Morgan fingerprint density at radius 1 is 1.12 bits per heavy atom. The number of hydrogen-bond donors (Lipinski definition) is 1. The zero-order chi connectivity index (χ0) is 12.1. The van der Waals surface area contributed by atoms with Crippen LogP contribution in [0.4, 0.5) is 0 Å². The summed E-state index contributed by atoms with van der Waals surface area (Å²) in [6.45, 7) is 0. The molecule has 0 bridgehead atoms. The lowest BCUT2D eigenvalue weighted by Gasteiger charge is -2.33. The van der Waals surface area contributed by atoms with Crippen LogP contribution in [0, 0.1) is 22.7 Å². The number of aliphatic hydroxyl groups excluding tert-OH is 1. The molecule has 0 heterocycles. The van der Waals surface area contributed by atoms with Gasteiger partial charge in [0.05, 0.1) is 17.6 Å². The predicted molar refractivity (Wildman–Crippen MR) is 68.3 cm³/mol. The lowest BCUT2D eigenvalue weighted by Crippen LogP contribution is -2.28. The van der Waals surface area contributed by atoms with Gasteiger partial charge < -0.3 is 5.11 Å². The fourth-order valence-electron chi connectivity index (χ4n) is 3.76. The molecule has 2 rings (SSSR count). The highest BCUT2D eigenvalue weighted by atomic mass is 16.3. The summed E-state index contributed by atoms with van der Waals surface area (Å²) < 4.78 is 0. The molecule has 0 aromatic heterocycles. The van der Waals surface area contributed by atoms with E-state index < -0.39 is 0 Å². The molecule has 1 atom stereocenters. The molecule has 1 unspecified atom stereocenters. The summed E-state index contributed by atoms with van der Waals surface area (Å²) in [5.74, 6) is 0.726. The molecule has 0 saturated heterocycles. The quantitative estimate of drug-likeness (QED) is 0.805. The van der Waals surface area contributed by atoms with Crippen LogP contribution in [0.2, 0.25) is 0 Å². The van der Waals surface area contributed by atoms with Crippen LogP contribution >= 0.6 is 0 Å². The number of nitrogens with zero attached hydrogens (tertiary/aromatic N) is 1. The molecule has 96 valence electrons. The summed E-state index contributed by atoms with van der Waals surface area (Å²) in [6.07, 6.45) is 12.3. The van der Waals surface area contributed by atoms with Crippen LogP contribution < -0.4 is 0 Å². The molecule has 2 nitrogen and oxygen atoms in total. The highest BCUT2D eigenvalue weighted by Gasteiger charge is 2.34. The number of nitriles is 1. The molecule has 0 aliphatic heterocycles. The van der Waals surface area contributed by atoms with E-state index in [1.807, 2.05) is 0 Å². The minimum atomic E-state index is -0.240. The van der Waals surface area contributed by atoms with Crippen LogP contribution in [0.15, 0.2) is 0 Å². The van der Waals surface area contributed by atoms with E-state index in [1.54, 1.807) is 0 Å². The monoisotopic (exact) mass is 235 g/mol. The van der Waals surface area contributed by atoms with Crippen LogP contribution in [0.1, 0.15) is 70.6 Å². The molecule has 0 aromatic rings. The van der Waals surface area contributed by atoms with Gasteiger partial charge in [-0.3, -0.25) is 0 Å². The maximum atomic E-state index is 10.2. The third-order valence-corrected chi connectivity index (χ3v) is 4.75. The van der Waals surface area contributed by atoms with Crippen molar-refractivity contribution in [1.29, 1.82) is 5.26 Å². The zero-order valence-electron chi connectivity index (χ0n) is 10.8. The van der Waals surface area contributed by atoms with Gasteiger partial charge in [-0.1, -0.05) is 44.9 Å². The molecule has 2 fully saturated rings. The maximum Gasteiger partial charge on any atom is 0.0690 e. The summed E-state index contributed by atoms with van der Waals surface area (Å²) in [6, 6.07) is 2.51. The van der Waals surface area contributed by atoms with E-state index in [4.69, 9.17) is 0 Å². The fourth-order valence-corrected chi connectivity index (χ4v) is 3.76. The van der Waals surface area contributed by atoms with Crippen molar-refractivity contribution in [1.82, 2.24) is 0 Å².